The zero-order valence-electron chi connectivity index (χ0n) is 19.8. The van der Waals surface area contributed by atoms with Crippen molar-refractivity contribution >= 4 is 29.7 Å². The molecule has 0 aromatic heterocycles. The maximum Gasteiger partial charge on any atom is 0.335 e. The minimum atomic E-state index is -1.10. The van der Waals surface area contributed by atoms with Crippen LogP contribution in [0.1, 0.15) is 34.8 Å². The average molecular weight is 505 g/mol. The number of nitrogens with zero attached hydrogens (tertiary/aromatic N) is 3. The molecule has 1 saturated heterocycles. The van der Waals surface area contributed by atoms with Crippen molar-refractivity contribution in [2.75, 3.05) is 6.61 Å². The summed E-state index contributed by atoms with van der Waals surface area (Å²) in [5.41, 5.74) is 0.405. The summed E-state index contributed by atoms with van der Waals surface area (Å²) in [5, 5.41) is 26.0. The molecule has 3 aliphatic rings. The number of carboxylic acids is 1. The van der Waals surface area contributed by atoms with E-state index in [0.29, 0.717) is 5.56 Å². The molecule has 2 bridgehead atoms. The molecule has 11 nitrogen and oxygen atoms in total. The topological polar surface area (TPSA) is 149 Å². The predicted molar refractivity (Wildman–Crippen MR) is 129 cm³/mol. The normalized spacial score (nSPS) is 23.6. The molecule has 1 heterocycles. The molecular weight excluding hydrogens is 482 g/mol. The fourth-order valence-electron chi connectivity index (χ4n) is 5.30. The van der Waals surface area contributed by atoms with E-state index < -0.39 is 28.4 Å². The number of hydrogen-bond acceptors (Lipinski definition) is 8. The van der Waals surface area contributed by atoms with Crippen molar-refractivity contribution in [1.29, 1.82) is 0 Å². The van der Waals surface area contributed by atoms with Crippen LogP contribution < -0.4 is 9.47 Å². The Morgan fingerprint density at radius 2 is 1.86 bits per heavy atom. The van der Waals surface area contributed by atoms with Gasteiger partial charge in [-0.1, -0.05) is 24.3 Å². The van der Waals surface area contributed by atoms with Gasteiger partial charge in [0.05, 0.1) is 35.1 Å². The smallest absolute Gasteiger partial charge is 0.335 e. The second-order valence-electron chi connectivity index (χ2n) is 9.08. The quantitative estimate of drug-likeness (QED) is 0.179. The van der Waals surface area contributed by atoms with Gasteiger partial charge in [0.2, 0.25) is 5.75 Å². The minimum Gasteiger partial charge on any atom is -0.490 e. The largest absolute Gasteiger partial charge is 0.490 e. The highest BCUT2D eigenvalue weighted by atomic mass is 16.6. The number of carbonyl (C=O) groups excluding carboxylic acids is 2. The number of nitro benzene ring substituents is 1. The van der Waals surface area contributed by atoms with Crippen LogP contribution in [0.4, 0.5) is 5.69 Å². The number of hydrogen-bond donors (Lipinski definition) is 1. The van der Waals surface area contributed by atoms with Gasteiger partial charge in [-0.15, -0.1) is 0 Å². The first-order valence-corrected chi connectivity index (χ1v) is 11.8. The van der Waals surface area contributed by atoms with Crippen LogP contribution >= 0.6 is 0 Å². The number of aromatic carboxylic acids is 1. The van der Waals surface area contributed by atoms with Crippen molar-refractivity contribution in [3.8, 4) is 11.5 Å². The third-order valence-electron chi connectivity index (χ3n) is 6.88. The number of carboxylic acid groups (broad SMARTS) is 1. The van der Waals surface area contributed by atoms with Crippen LogP contribution in [0, 0.1) is 33.8 Å². The van der Waals surface area contributed by atoms with Gasteiger partial charge < -0.3 is 14.6 Å². The molecule has 0 spiro atoms. The van der Waals surface area contributed by atoms with Gasteiger partial charge in [-0.3, -0.25) is 19.7 Å². The summed E-state index contributed by atoms with van der Waals surface area (Å²) in [7, 11) is 0. The van der Waals surface area contributed by atoms with Gasteiger partial charge in [0.1, 0.15) is 6.61 Å². The van der Waals surface area contributed by atoms with Crippen LogP contribution in [0.3, 0.4) is 0 Å². The van der Waals surface area contributed by atoms with Crippen molar-refractivity contribution in [2.45, 2.75) is 20.0 Å². The lowest BCUT2D eigenvalue weighted by atomic mass is 9.85. The van der Waals surface area contributed by atoms with Gasteiger partial charge in [-0.05, 0) is 48.9 Å². The van der Waals surface area contributed by atoms with Crippen LogP contribution in [0.5, 0.6) is 11.5 Å². The third-order valence-corrected chi connectivity index (χ3v) is 6.88. The first-order valence-electron chi connectivity index (χ1n) is 11.8. The van der Waals surface area contributed by atoms with Crippen molar-refractivity contribution in [3.63, 3.8) is 0 Å². The van der Waals surface area contributed by atoms with Crippen LogP contribution in [-0.4, -0.2) is 45.6 Å². The summed E-state index contributed by atoms with van der Waals surface area (Å²) < 4.78 is 11.3. The van der Waals surface area contributed by atoms with Gasteiger partial charge in [0.15, 0.2) is 5.75 Å². The number of nitro groups is 1. The molecule has 2 aliphatic carbocycles. The zero-order valence-corrected chi connectivity index (χ0v) is 19.8. The number of hydrazone groups is 1. The van der Waals surface area contributed by atoms with Crippen LogP contribution in [0.25, 0.3) is 0 Å². The summed E-state index contributed by atoms with van der Waals surface area (Å²) in [6.45, 7) is 1.76. The molecule has 4 atom stereocenters. The molecule has 2 amide bonds. The number of fused-ring (bicyclic) bond motifs is 5. The van der Waals surface area contributed by atoms with E-state index >= 15 is 0 Å². The number of amides is 2. The maximum absolute atomic E-state index is 12.9. The van der Waals surface area contributed by atoms with E-state index in [1.807, 2.05) is 12.2 Å². The first-order chi connectivity index (χ1) is 17.8. The number of allylic oxidation sites excluding steroid dienone is 2. The molecule has 0 radical (unpaired) electrons. The minimum absolute atomic E-state index is 0.0462. The van der Waals surface area contributed by atoms with E-state index in [9.17, 15) is 29.6 Å². The fourth-order valence-corrected chi connectivity index (χ4v) is 5.30. The fraction of sp³-hybridized carbons (Fsp3) is 0.308. The standard InChI is InChI=1S/C26H23N3O8/c1-2-36-20-10-15(12-27-28-24(30)21-16-6-7-17(11-16)22(21)25(28)31)9-19(29(34)35)23(20)37-13-14-4-3-5-18(8-14)26(32)33/h3-10,12,16-17,21-22H,2,11,13H2,1H3,(H,32,33)/t16-,17-,21-,22+/m0/s1. The second kappa shape index (κ2) is 9.49. The highest BCUT2D eigenvalue weighted by molar-refractivity contribution is 6.06. The molecule has 2 fully saturated rings. The summed E-state index contributed by atoms with van der Waals surface area (Å²) >= 11 is 0. The Kier molecular flexibility index (Phi) is 6.20. The van der Waals surface area contributed by atoms with Gasteiger partial charge in [-0.2, -0.15) is 10.1 Å². The van der Waals surface area contributed by atoms with E-state index in [1.54, 1.807) is 19.1 Å². The van der Waals surface area contributed by atoms with E-state index in [-0.39, 0.29) is 59.5 Å². The molecule has 1 N–H and O–H groups in total. The monoisotopic (exact) mass is 505 g/mol. The summed E-state index contributed by atoms with van der Waals surface area (Å²) in [6, 6.07) is 8.72. The zero-order chi connectivity index (χ0) is 26.3. The molecule has 190 valence electrons. The maximum atomic E-state index is 12.9. The molecule has 37 heavy (non-hydrogen) atoms. The van der Waals surface area contributed by atoms with Crippen LogP contribution in [-0.2, 0) is 16.2 Å². The van der Waals surface area contributed by atoms with Crippen molar-refractivity contribution in [1.82, 2.24) is 5.01 Å². The number of imide groups is 1. The van der Waals surface area contributed by atoms with Gasteiger partial charge in [0.25, 0.3) is 11.8 Å². The molecule has 0 unspecified atom stereocenters. The Labute approximate surface area is 211 Å². The predicted octanol–water partition coefficient (Wildman–Crippen LogP) is 3.41. The summed E-state index contributed by atoms with van der Waals surface area (Å²) in [6.07, 6.45) is 6.00. The Morgan fingerprint density at radius 3 is 2.49 bits per heavy atom. The number of benzene rings is 2. The Hall–Kier alpha value is -4.54. The highest BCUT2D eigenvalue weighted by Crippen LogP contribution is 2.52. The third kappa shape index (κ3) is 4.32. The number of ether oxygens (including phenoxy) is 2. The van der Waals surface area contributed by atoms with Crippen molar-refractivity contribution < 1.29 is 33.9 Å². The Balaban J connectivity index is 1.41. The first kappa shape index (κ1) is 24.2. The average Bonchev–Trinajstić information content (AvgIpc) is 3.56. The van der Waals surface area contributed by atoms with Gasteiger partial charge in [-0.25, -0.2) is 4.79 Å². The Morgan fingerprint density at radius 1 is 1.16 bits per heavy atom. The van der Waals surface area contributed by atoms with E-state index in [0.717, 1.165) is 11.4 Å². The molecule has 5 rings (SSSR count). The second-order valence-corrected chi connectivity index (χ2v) is 9.08. The summed E-state index contributed by atoms with van der Waals surface area (Å²) in [4.78, 5) is 48.2. The van der Waals surface area contributed by atoms with Gasteiger partial charge in [0, 0.05) is 11.6 Å². The van der Waals surface area contributed by atoms with Crippen molar-refractivity contribution in [3.05, 3.63) is 75.4 Å². The Bertz CT molecular complexity index is 1340. The lowest BCUT2D eigenvalue weighted by Gasteiger charge is -2.14. The van der Waals surface area contributed by atoms with Crippen molar-refractivity contribution in [2.24, 2.45) is 28.8 Å². The lowest BCUT2D eigenvalue weighted by Crippen LogP contribution is -2.28. The lowest BCUT2D eigenvalue weighted by molar-refractivity contribution is -0.386. The van der Waals surface area contributed by atoms with Crippen LogP contribution in [0.15, 0.2) is 53.7 Å². The summed E-state index contributed by atoms with van der Waals surface area (Å²) in [5.74, 6) is -2.58. The number of carbonyl (C=O) groups is 3. The molecule has 11 heteroatoms. The van der Waals surface area contributed by atoms with E-state index in [1.165, 1.54) is 30.5 Å². The SMILES string of the molecule is CCOc1cc(C=NN2C(=O)[C@@H]3[C@H](C2=O)[C@H]2C=C[C@H]3C2)cc([N+](=O)[O-])c1OCc1cccc(C(=O)O)c1. The molecule has 1 aliphatic heterocycles. The van der Waals surface area contributed by atoms with E-state index in [2.05, 4.69) is 5.10 Å². The molecule has 2 aromatic carbocycles. The molecule has 1 saturated carbocycles. The molecule has 2 aromatic rings. The van der Waals surface area contributed by atoms with Gasteiger partial charge >= 0.3 is 11.7 Å². The molecular formula is C26H23N3O8. The highest BCUT2D eigenvalue weighted by Gasteiger charge is 2.59. The number of rotatable bonds is 9. The van der Waals surface area contributed by atoms with E-state index in [4.69, 9.17) is 9.47 Å². The van der Waals surface area contributed by atoms with Crippen LogP contribution in [0.2, 0.25) is 0 Å².